The Bertz CT molecular complexity index is 1540. The minimum absolute atomic E-state index is 0.0208. The first-order chi connectivity index (χ1) is 17.7. The fraction of sp³-hybridized carbons (Fsp3) is 0.111. The average Bonchev–Trinajstić information content (AvgIpc) is 2.91. The van der Waals surface area contributed by atoms with E-state index < -0.39 is 40.9 Å². The number of hydrogen-bond acceptors (Lipinski definition) is 6. The van der Waals surface area contributed by atoms with E-state index in [2.05, 4.69) is 5.32 Å². The Kier molecular flexibility index (Phi) is 7.69. The molecule has 1 amide bonds. The number of fused-ring (bicyclic) bond motifs is 1. The number of carbonyl (C=O) groups excluding carboxylic acids is 2. The summed E-state index contributed by atoms with van der Waals surface area (Å²) in [6.07, 6.45) is 0. The second-order valence-corrected chi connectivity index (χ2v) is 9.92. The number of nitrogens with one attached hydrogen (secondary N) is 1. The highest BCUT2D eigenvalue weighted by molar-refractivity contribution is 7.92. The molecule has 0 atom stereocenters. The number of ether oxygens (including phenoxy) is 2. The molecule has 4 aromatic carbocycles. The van der Waals surface area contributed by atoms with Crippen LogP contribution in [0.1, 0.15) is 0 Å². The molecule has 0 unspecified atom stereocenters. The molecule has 0 fully saturated rings. The molecular weight excluding hydrogens is 499 g/mol. The number of halogens is 1. The number of hydrogen-bond donors (Lipinski definition) is 1. The summed E-state index contributed by atoms with van der Waals surface area (Å²) in [7, 11) is -2.36. The molecule has 0 bridgehead atoms. The molecule has 0 spiro atoms. The molecule has 0 heterocycles. The van der Waals surface area contributed by atoms with Crippen molar-refractivity contribution < 1.29 is 31.9 Å². The summed E-state index contributed by atoms with van der Waals surface area (Å²) in [6.45, 7) is -1.08. The summed E-state index contributed by atoms with van der Waals surface area (Å²) in [6, 6.07) is 24.2. The fourth-order valence-corrected chi connectivity index (χ4v) is 4.69. The van der Waals surface area contributed by atoms with E-state index in [1.54, 1.807) is 36.4 Å². The van der Waals surface area contributed by atoms with E-state index in [-0.39, 0.29) is 10.6 Å². The molecule has 37 heavy (non-hydrogen) atoms. The van der Waals surface area contributed by atoms with Gasteiger partial charge in [-0.05, 0) is 59.3 Å². The third-order valence-electron chi connectivity index (χ3n) is 5.45. The van der Waals surface area contributed by atoms with Crippen molar-refractivity contribution in [1.29, 1.82) is 0 Å². The van der Waals surface area contributed by atoms with Crippen molar-refractivity contribution in [2.24, 2.45) is 0 Å². The van der Waals surface area contributed by atoms with Crippen LogP contribution >= 0.6 is 0 Å². The van der Waals surface area contributed by atoms with Gasteiger partial charge >= 0.3 is 5.97 Å². The Morgan fingerprint density at radius 1 is 0.865 bits per heavy atom. The van der Waals surface area contributed by atoms with Crippen LogP contribution in [0.4, 0.5) is 15.8 Å². The van der Waals surface area contributed by atoms with Gasteiger partial charge in [-0.1, -0.05) is 42.5 Å². The quantitative estimate of drug-likeness (QED) is 0.328. The largest absolute Gasteiger partial charge is 0.482 e. The van der Waals surface area contributed by atoms with E-state index >= 15 is 0 Å². The predicted octanol–water partition coefficient (Wildman–Crippen LogP) is 4.36. The van der Waals surface area contributed by atoms with Crippen LogP contribution in [-0.4, -0.2) is 40.6 Å². The molecule has 0 saturated heterocycles. The lowest BCUT2D eigenvalue weighted by Gasteiger charge is -2.20. The fourth-order valence-electron chi connectivity index (χ4n) is 3.46. The van der Waals surface area contributed by atoms with Crippen molar-refractivity contribution in [3.05, 3.63) is 96.8 Å². The first-order valence-corrected chi connectivity index (χ1v) is 12.6. The first-order valence-electron chi connectivity index (χ1n) is 11.1. The normalized spacial score (nSPS) is 11.1. The molecule has 4 aromatic rings. The standard InChI is InChI=1S/C27H23FN2O6S/c1-30(37(33,34)23-15-10-19-6-2-3-7-20(19)16-23)21-11-13-22(14-12-21)35-18-27(32)36-17-26(31)29-25-9-5-4-8-24(25)28/h2-16H,17-18H2,1H3,(H,29,31). The number of esters is 1. The van der Waals surface area contributed by atoms with Crippen LogP contribution in [0.25, 0.3) is 10.8 Å². The van der Waals surface area contributed by atoms with Crippen molar-refractivity contribution >= 4 is 44.0 Å². The molecule has 0 aromatic heterocycles. The van der Waals surface area contributed by atoms with E-state index in [1.165, 1.54) is 37.4 Å². The number of sulfonamides is 1. The smallest absolute Gasteiger partial charge is 0.344 e. The summed E-state index contributed by atoms with van der Waals surface area (Å²) >= 11 is 0. The number of rotatable bonds is 9. The van der Waals surface area contributed by atoms with Gasteiger partial charge in [0, 0.05) is 7.05 Å². The molecule has 0 aliphatic heterocycles. The molecule has 8 nitrogen and oxygen atoms in total. The van der Waals surface area contributed by atoms with Gasteiger partial charge in [-0.3, -0.25) is 9.10 Å². The van der Waals surface area contributed by atoms with Crippen molar-refractivity contribution in [2.45, 2.75) is 4.90 Å². The molecule has 0 radical (unpaired) electrons. The highest BCUT2D eigenvalue weighted by atomic mass is 32.2. The van der Waals surface area contributed by atoms with Gasteiger partial charge in [-0.15, -0.1) is 0 Å². The van der Waals surface area contributed by atoms with Gasteiger partial charge < -0.3 is 14.8 Å². The summed E-state index contributed by atoms with van der Waals surface area (Å²) in [4.78, 5) is 23.9. The summed E-state index contributed by atoms with van der Waals surface area (Å²) in [5.74, 6) is -1.81. The Balaban J connectivity index is 1.30. The van der Waals surface area contributed by atoms with Crippen molar-refractivity contribution in [3.63, 3.8) is 0 Å². The van der Waals surface area contributed by atoms with E-state index in [0.717, 1.165) is 15.1 Å². The highest BCUT2D eigenvalue weighted by Gasteiger charge is 2.21. The van der Waals surface area contributed by atoms with Crippen LogP contribution in [0.2, 0.25) is 0 Å². The van der Waals surface area contributed by atoms with Gasteiger partial charge in [0.2, 0.25) is 0 Å². The van der Waals surface area contributed by atoms with Crippen molar-refractivity contribution in [1.82, 2.24) is 0 Å². The minimum Gasteiger partial charge on any atom is -0.482 e. The van der Waals surface area contributed by atoms with Crippen LogP contribution < -0.4 is 14.4 Å². The number of carbonyl (C=O) groups is 2. The Labute approximate surface area is 213 Å². The SMILES string of the molecule is CN(c1ccc(OCC(=O)OCC(=O)Nc2ccccc2F)cc1)S(=O)(=O)c1ccc2ccccc2c1. The van der Waals surface area contributed by atoms with Gasteiger partial charge in [0.05, 0.1) is 16.3 Å². The van der Waals surface area contributed by atoms with Gasteiger partial charge in [-0.25, -0.2) is 17.6 Å². The zero-order chi connectivity index (χ0) is 26.4. The molecule has 0 aliphatic carbocycles. The second-order valence-electron chi connectivity index (χ2n) is 7.95. The van der Waals surface area contributed by atoms with E-state index in [1.807, 2.05) is 24.3 Å². The zero-order valence-electron chi connectivity index (χ0n) is 19.8. The summed E-state index contributed by atoms with van der Waals surface area (Å²) in [5.41, 5.74) is 0.375. The molecule has 4 rings (SSSR count). The van der Waals surface area contributed by atoms with Gasteiger partial charge in [-0.2, -0.15) is 0 Å². The van der Waals surface area contributed by atoms with Gasteiger partial charge in [0.1, 0.15) is 11.6 Å². The topological polar surface area (TPSA) is 102 Å². The number of amides is 1. The van der Waals surface area contributed by atoms with E-state index in [0.29, 0.717) is 11.4 Å². The average molecular weight is 523 g/mol. The number of nitrogens with zero attached hydrogens (tertiary/aromatic N) is 1. The van der Waals surface area contributed by atoms with Gasteiger partial charge in [0.15, 0.2) is 13.2 Å². The van der Waals surface area contributed by atoms with Crippen molar-refractivity contribution in [3.8, 4) is 5.75 Å². The zero-order valence-corrected chi connectivity index (χ0v) is 20.6. The lowest BCUT2D eigenvalue weighted by molar-refractivity contribution is -0.149. The third-order valence-corrected chi connectivity index (χ3v) is 7.23. The molecule has 0 aliphatic rings. The Morgan fingerprint density at radius 2 is 1.54 bits per heavy atom. The summed E-state index contributed by atoms with van der Waals surface area (Å²) in [5, 5.41) is 4.06. The predicted molar refractivity (Wildman–Crippen MR) is 137 cm³/mol. The van der Waals surface area contributed by atoms with Crippen LogP contribution in [0.5, 0.6) is 5.75 Å². The first kappa shape index (κ1) is 25.6. The highest BCUT2D eigenvalue weighted by Crippen LogP contribution is 2.26. The van der Waals surface area contributed by atoms with Crippen LogP contribution in [0.15, 0.2) is 95.9 Å². The number of para-hydroxylation sites is 1. The molecular formula is C27H23FN2O6S. The van der Waals surface area contributed by atoms with Gasteiger partial charge in [0.25, 0.3) is 15.9 Å². The van der Waals surface area contributed by atoms with E-state index in [9.17, 15) is 22.4 Å². The molecule has 10 heteroatoms. The van der Waals surface area contributed by atoms with Crippen LogP contribution in [-0.2, 0) is 24.3 Å². The maximum absolute atomic E-state index is 13.6. The number of benzene rings is 4. The van der Waals surface area contributed by atoms with Crippen molar-refractivity contribution in [2.75, 3.05) is 29.9 Å². The minimum atomic E-state index is -3.81. The summed E-state index contributed by atoms with van der Waals surface area (Å²) < 4.78 is 51.1. The number of anilines is 2. The lowest BCUT2D eigenvalue weighted by Crippen LogP contribution is -2.26. The lowest BCUT2D eigenvalue weighted by atomic mass is 10.1. The third kappa shape index (κ3) is 6.22. The molecule has 190 valence electrons. The monoisotopic (exact) mass is 522 g/mol. The maximum atomic E-state index is 13.6. The maximum Gasteiger partial charge on any atom is 0.344 e. The van der Waals surface area contributed by atoms with E-state index in [4.69, 9.17) is 9.47 Å². The molecule has 1 N–H and O–H groups in total. The Hall–Kier alpha value is -4.44. The van der Waals surface area contributed by atoms with Crippen LogP contribution in [0, 0.1) is 5.82 Å². The van der Waals surface area contributed by atoms with Crippen LogP contribution in [0.3, 0.4) is 0 Å². The Morgan fingerprint density at radius 3 is 2.27 bits per heavy atom. The second kappa shape index (κ2) is 11.1. The molecule has 0 saturated carbocycles.